The van der Waals surface area contributed by atoms with Gasteiger partial charge in [0.2, 0.25) is 0 Å². The van der Waals surface area contributed by atoms with Crippen molar-refractivity contribution in [1.29, 1.82) is 0 Å². The van der Waals surface area contributed by atoms with E-state index >= 15 is 0 Å². The second-order valence-corrected chi connectivity index (χ2v) is 6.51. The molecule has 0 aromatic rings. The zero-order valence-electron chi connectivity index (χ0n) is 12.9. The van der Waals surface area contributed by atoms with Gasteiger partial charge in [0, 0.05) is 17.1 Å². The molecule has 110 valence electrons. The van der Waals surface area contributed by atoms with Crippen molar-refractivity contribution in [1.82, 2.24) is 0 Å². The third-order valence-electron chi connectivity index (χ3n) is 5.55. The van der Waals surface area contributed by atoms with Crippen molar-refractivity contribution < 1.29 is 17.1 Å². The fourth-order valence-corrected chi connectivity index (χ4v) is 4.48. The van der Waals surface area contributed by atoms with Crippen LogP contribution < -0.4 is 0 Å². The topological polar surface area (TPSA) is 0 Å². The quantitative estimate of drug-likeness (QED) is 0.451. The number of rotatable bonds is 3. The summed E-state index contributed by atoms with van der Waals surface area (Å²) >= 11 is 0. The van der Waals surface area contributed by atoms with Crippen molar-refractivity contribution >= 4 is 0 Å². The van der Waals surface area contributed by atoms with Crippen molar-refractivity contribution in [3.05, 3.63) is 6.92 Å². The number of hydrogen-bond donors (Lipinski definition) is 0. The molecule has 0 N–H and O–H groups in total. The first kappa shape index (κ1) is 18.5. The van der Waals surface area contributed by atoms with Crippen LogP contribution in [0.2, 0.25) is 0 Å². The second-order valence-electron chi connectivity index (χ2n) is 6.51. The summed E-state index contributed by atoms with van der Waals surface area (Å²) in [4.78, 5) is 0. The fourth-order valence-electron chi connectivity index (χ4n) is 4.48. The van der Waals surface area contributed by atoms with Crippen LogP contribution in [0.4, 0.5) is 0 Å². The summed E-state index contributed by atoms with van der Waals surface area (Å²) in [6.07, 6.45) is 12.0. The van der Waals surface area contributed by atoms with Crippen LogP contribution in [0, 0.1) is 30.1 Å². The van der Waals surface area contributed by atoms with Gasteiger partial charge in [-0.15, -0.1) is 0 Å². The van der Waals surface area contributed by atoms with Crippen molar-refractivity contribution in [2.45, 2.75) is 79.1 Å². The maximum absolute atomic E-state index is 3.25. The molecule has 0 radical (unpaired) electrons. The van der Waals surface area contributed by atoms with E-state index in [0.717, 1.165) is 17.8 Å². The van der Waals surface area contributed by atoms with Crippen molar-refractivity contribution in [2.24, 2.45) is 23.2 Å². The molecule has 0 heterocycles. The smallest absolute Gasteiger partial charge is 0 e. The Bertz CT molecular complexity index is 204. The van der Waals surface area contributed by atoms with Crippen molar-refractivity contribution in [3.63, 3.8) is 0 Å². The summed E-state index contributed by atoms with van der Waals surface area (Å²) in [5.74, 6) is 3.11. The van der Waals surface area contributed by atoms with Crippen LogP contribution >= 0.6 is 0 Å². The Kier molecular flexibility index (Phi) is 8.89. The van der Waals surface area contributed by atoms with Gasteiger partial charge in [0.1, 0.15) is 0 Å². The molecular weight excluding hydrogens is 260 g/mol. The van der Waals surface area contributed by atoms with Gasteiger partial charge in [0.25, 0.3) is 0 Å². The van der Waals surface area contributed by atoms with E-state index in [4.69, 9.17) is 0 Å². The predicted octanol–water partition coefficient (Wildman–Crippen LogP) is 5.87. The maximum atomic E-state index is 3.25. The Morgan fingerprint density at radius 1 is 0.944 bits per heavy atom. The third kappa shape index (κ3) is 4.00. The van der Waals surface area contributed by atoms with Gasteiger partial charge in [0.05, 0.1) is 0 Å². The molecule has 0 nitrogen and oxygen atoms in total. The summed E-state index contributed by atoms with van der Waals surface area (Å²) in [6, 6.07) is 0. The first-order valence-corrected chi connectivity index (χ1v) is 7.87. The minimum atomic E-state index is 0. The molecule has 0 amide bonds. The summed E-state index contributed by atoms with van der Waals surface area (Å²) in [6.45, 7) is 12.5. The van der Waals surface area contributed by atoms with E-state index in [0.29, 0.717) is 5.41 Å². The SMILES string of the molecule is CCC1CCCC1C(C)(C)C1CCCC1.[CH2-]C.[Fe]. The molecule has 2 aliphatic carbocycles. The van der Waals surface area contributed by atoms with E-state index in [1.807, 2.05) is 0 Å². The molecule has 0 bridgehead atoms. The first-order chi connectivity index (χ1) is 8.16. The van der Waals surface area contributed by atoms with Gasteiger partial charge in [-0.25, -0.2) is 0 Å². The first-order valence-electron chi connectivity index (χ1n) is 7.87. The summed E-state index contributed by atoms with van der Waals surface area (Å²) in [5, 5.41) is 0. The molecule has 0 aliphatic heterocycles. The van der Waals surface area contributed by atoms with Crippen LogP contribution in [-0.4, -0.2) is 0 Å². The van der Waals surface area contributed by atoms with E-state index in [9.17, 15) is 0 Å². The Morgan fingerprint density at radius 3 is 2.00 bits per heavy atom. The van der Waals surface area contributed by atoms with Crippen LogP contribution in [0.5, 0.6) is 0 Å². The zero-order valence-corrected chi connectivity index (χ0v) is 14.1. The van der Waals surface area contributed by atoms with E-state index in [1.165, 1.54) is 51.4 Å². The maximum Gasteiger partial charge on any atom is 0 e. The Morgan fingerprint density at radius 2 is 1.50 bits per heavy atom. The third-order valence-corrected chi connectivity index (χ3v) is 5.55. The molecule has 0 spiro atoms. The fraction of sp³-hybridized carbons (Fsp3) is 0.941. The molecule has 2 atom stereocenters. The minimum Gasteiger partial charge on any atom is -0.346 e. The molecule has 1 heteroatoms. The average Bonchev–Trinajstić information content (AvgIpc) is 3.03. The predicted molar refractivity (Wildman–Crippen MR) is 77.9 cm³/mol. The normalized spacial score (nSPS) is 28.5. The van der Waals surface area contributed by atoms with Gasteiger partial charge in [-0.3, -0.25) is 0 Å². The van der Waals surface area contributed by atoms with Gasteiger partial charge in [0.15, 0.2) is 0 Å². The van der Waals surface area contributed by atoms with Gasteiger partial charge in [-0.2, -0.15) is 6.92 Å². The van der Waals surface area contributed by atoms with E-state index < -0.39 is 0 Å². The van der Waals surface area contributed by atoms with Crippen LogP contribution in [-0.2, 0) is 17.1 Å². The molecule has 2 saturated carbocycles. The summed E-state index contributed by atoms with van der Waals surface area (Å²) < 4.78 is 0. The largest absolute Gasteiger partial charge is 0.346 e. The van der Waals surface area contributed by atoms with Crippen LogP contribution in [0.1, 0.15) is 79.1 Å². The minimum absolute atomic E-state index is 0. The van der Waals surface area contributed by atoms with Crippen LogP contribution in [0.15, 0.2) is 0 Å². The van der Waals surface area contributed by atoms with Gasteiger partial charge < -0.3 is 6.92 Å². The van der Waals surface area contributed by atoms with E-state index in [2.05, 4.69) is 27.7 Å². The molecule has 18 heavy (non-hydrogen) atoms. The van der Waals surface area contributed by atoms with E-state index in [-0.39, 0.29) is 17.1 Å². The van der Waals surface area contributed by atoms with Gasteiger partial charge >= 0.3 is 0 Å². The molecule has 2 aliphatic rings. The van der Waals surface area contributed by atoms with Crippen LogP contribution in [0.3, 0.4) is 0 Å². The Labute approximate surface area is 126 Å². The van der Waals surface area contributed by atoms with Gasteiger partial charge in [-0.05, 0) is 42.4 Å². The Balaban J connectivity index is 0.000000917. The van der Waals surface area contributed by atoms with Gasteiger partial charge in [-0.1, -0.05) is 52.9 Å². The average molecular weight is 293 g/mol. The molecule has 2 unspecified atom stereocenters. The summed E-state index contributed by atoms with van der Waals surface area (Å²) in [7, 11) is 0. The number of hydrogen-bond acceptors (Lipinski definition) is 0. The molecule has 0 aromatic carbocycles. The molecule has 2 fully saturated rings. The van der Waals surface area contributed by atoms with Crippen molar-refractivity contribution in [3.8, 4) is 0 Å². The van der Waals surface area contributed by atoms with Crippen molar-refractivity contribution in [2.75, 3.05) is 0 Å². The standard InChI is InChI=1S/C15H28.C2H5.Fe/c1-4-12-8-7-11-14(12)15(2,3)13-9-5-6-10-13;1-2;/h12-14H,4-11H2,1-3H3;1H2,2H3;/q;-1;. The second kappa shape index (κ2) is 8.64. The molecule has 2 rings (SSSR count). The van der Waals surface area contributed by atoms with Crippen LogP contribution in [0.25, 0.3) is 0 Å². The Hall–Kier alpha value is 0.519. The molecule has 0 aromatic heterocycles. The molecular formula is C17H33Fe-. The molecule has 0 saturated heterocycles. The zero-order chi connectivity index (χ0) is 12.9. The van der Waals surface area contributed by atoms with E-state index in [1.54, 1.807) is 6.92 Å². The monoisotopic (exact) mass is 293 g/mol. The summed E-state index contributed by atoms with van der Waals surface area (Å²) in [5.41, 5.74) is 0.633.